The maximum Gasteiger partial charge on any atom is 0.306 e. The fraction of sp³-hybridized carbons (Fsp3) is 0.783. The van der Waals surface area contributed by atoms with Gasteiger partial charge in [-0.15, -0.1) is 0 Å². The Morgan fingerprint density at radius 2 is 1.02 bits per heavy atom. The van der Waals surface area contributed by atoms with E-state index in [0.717, 1.165) is 83.5 Å². The second-order valence-electron chi connectivity index (χ2n) is 16.0. The lowest BCUT2D eigenvalue weighted by atomic mass is 10.1. The van der Waals surface area contributed by atoms with Crippen molar-refractivity contribution in [3.8, 4) is 0 Å². The van der Waals surface area contributed by atoms with Gasteiger partial charge in [0.1, 0.15) is 19.8 Å². The van der Waals surface area contributed by atoms with Crippen molar-refractivity contribution in [2.45, 2.75) is 187 Å². The van der Waals surface area contributed by atoms with E-state index in [1.807, 2.05) is 21.1 Å². The van der Waals surface area contributed by atoms with Crippen LogP contribution in [-0.4, -0.2) is 70.0 Å². The third-order valence-corrected chi connectivity index (χ3v) is 10.3. The average molecular weight is 810 g/mol. The second-order valence-corrected chi connectivity index (χ2v) is 17.4. The number of hydrogen-bond acceptors (Lipinski definition) is 8. The number of hydrogen-bond donors (Lipinski definition) is 0. The molecule has 2 atom stereocenters. The van der Waals surface area contributed by atoms with Gasteiger partial charge in [0.05, 0.1) is 27.7 Å². The highest BCUT2D eigenvalue weighted by Gasteiger charge is 2.21. The van der Waals surface area contributed by atoms with Gasteiger partial charge in [0.25, 0.3) is 7.82 Å². The molecular weight excluding hydrogens is 725 g/mol. The maximum atomic E-state index is 12.7. The van der Waals surface area contributed by atoms with E-state index >= 15 is 0 Å². The molecule has 0 aromatic carbocycles. The molecular formula is C46H84NO8P. The minimum atomic E-state index is -4.63. The number of phosphoric acid groups is 1. The molecule has 0 aliphatic heterocycles. The molecule has 9 nitrogen and oxygen atoms in total. The van der Waals surface area contributed by atoms with Crippen LogP contribution in [0.4, 0.5) is 0 Å². The molecule has 0 fully saturated rings. The van der Waals surface area contributed by atoms with E-state index in [9.17, 15) is 19.0 Å². The number of carbonyl (C=O) groups is 2. The molecule has 10 heteroatoms. The first kappa shape index (κ1) is 54.0. The molecule has 0 saturated heterocycles. The summed E-state index contributed by atoms with van der Waals surface area (Å²) in [5, 5.41) is 0. The van der Waals surface area contributed by atoms with Crippen molar-refractivity contribution in [1.82, 2.24) is 0 Å². The number of unbranched alkanes of at least 4 members (excludes halogenated alkanes) is 18. The minimum Gasteiger partial charge on any atom is -0.756 e. The number of quaternary nitrogens is 1. The summed E-state index contributed by atoms with van der Waals surface area (Å²) in [6, 6.07) is 0. The molecule has 0 aromatic rings. The Kier molecular flexibility index (Phi) is 37.1. The quantitative estimate of drug-likeness (QED) is 0.0198. The Balaban J connectivity index is 4.37. The molecule has 56 heavy (non-hydrogen) atoms. The Bertz CT molecular complexity index is 1100. The number of nitrogens with zero attached hydrogens (tertiary/aromatic N) is 1. The molecule has 0 aliphatic carbocycles. The van der Waals surface area contributed by atoms with Gasteiger partial charge < -0.3 is 27.9 Å². The van der Waals surface area contributed by atoms with Crippen LogP contribution >= 0.6 is 7.82 Å². The van der Waals surface area contributed by atoms with Gasteiger partial charge >= 0.3 is 11.9 Å². The SMILES string of the molecule is CC/C=C\C/C=C\C/C=C\CCCCCCCC(=O)OC(COC(=O)CCCCCCCCC/C=C\CCCCCCCC)COP(=O)([O-])OCC[N+](C)(C)C. The molecule has 0 radical (unpaired) electrons. The van der Waals surface area contributed by atoms with Crippen molar-refractivity contribution in [1.29, 1.82) is 0 Å². The van der Waals surface area contributed by atoms with E-state index in [-0.39, 0.29) is 26.1 Å². The van der Waals surface area contributed by atoms with Gasteiger partial charge in [-0.2, -0.15) is 0 Å². The summed E-state index contributed by atoms with van der Waals surface area (Å²) in [6.45, 7) is 4.08. The molecule has 0 heterocycles. The first-order valence-electron chi connectivity index (χ1n) is 22.3. The van der Waals surface area contributed by atoms with E-state index in [4.69, 9.17) is 18.5 Å². The van der Waals surface area contributed by atoms with Gasteiger partial charge in [-0.05, 0) is 70.6 Å². The molecule has 0 bridgehead atoms. The predicted molar refractivity (Wildman–Crippen MR) is 231 cm³/mol. The van der Waals surface area contributed by atoms with Crippen molar-refractivity contribution >= 4 is 19.8 Å². The maximum absolute atomic E-state index is 12.7. The minimum absolute atomic E-state index is 0.0365. The van der Waals surface area contributed by atoms with Crippen LogP contribution in [0.3, 0.4) is 0 Å². The van der Waals surface area contributed by atoms with Crippen molar-refractivity contribution < 1.29 is 42.1 Å². The van der Waals surface area contributed by atoms with Crippen LogP contribution in [0.15, 0.2) is 48.6 Å². The molecule has 326 valence electrons. The van der Waals surface area contributed by atoms with Gasteiger partial charge in [-0.1, -0.05) is 146 Å². The van der Waals surface area contributed by atoms with Crippen LogP contribution in [-0.2, 0) is 32.7 Å². The Labute approximate surface area is 343 Å². The monoisotopic (exact) mass is 810 g/mol. The zero-order valence-electron chi connectivity index (χ0n) is 36.6. The zero-order chi connectivity index (χ0) is 41.4. The fourth-order valence-electron chi connectivity index (χ4n) is 5.84. The van der Waals surface area contributed by atoms with Crippen LogP contribution in [0.25, 0.3) is 0 Å². The summed E-state index contributed by atoms with van der Waals surface area (Å²) < 4.78 is 33.9. The van der Waals surface area contributed by atoms with Crippen molar-refractivity contribution in [3.05, 3.63) is 48.6 Å². The van der Waals surface area contributed by atoms with Crippen LogP contribution in [0.2, 0.25) is 0 Å². The smallest absolute Gasteiger partial charge is 0.306 e. The lowest BCUT2D eigenvalue weighted by Gasteiger charge is -2.28. The van der Waals surface area contributed by atoms with Crippen LogP contribution in [0.1, 0.15) is 181 Å². The largest absolute Gasteiger partial charge is 0.756 e. The molecule has 0 N–H and O–H groups in total. The van der Waals surface area contributed by atoms with Crippen molar-refractivity contribution in [2.75, 3.05) is 47.5 Å². The molecule has 0 spiro atoms. The lowest BCUT2D eigenvalue weighted by Crippen LogP contribution is -2.37. The van der Waals surface area contributed by atoms with Gasteiger partial charge in [-0.25, -0.2) is 0 Å². The molecule has 0 aromatic heterocycles. The Morgan fingerprint density at radius 3 is 1.54 bits per heavy atom. The van der Waals surface area contributed by atoms with Gasteiger partial charge in [-0.3, -0.25) is 14.2 Å². The van der Waals surface area contributed by atoms with E-state index in [0.29, 0.717) is 17.4 Å². The topological polar surface area (TPSA) is 111 Å². The van der Waals surface area contributed by atoms with E-state index in [2.05, 4.69) is 62.5 Å². The Hall–Kier alpha value is -2.03. The second kappa shape index (κ2) is 38.5. The molecule has 2 unspecified atom stereocenters. The summed E-state index contributed by atoms with van der Waals surface area (Å²) in [5.41, 5.74) is 0. The molecule has 0 saturated carbocycles. The van der Waals surface area contributed by atoms with Crippen LogP contribution in [0, 0.1) is 0 Å². The Morgan fingerprint density at radius 1 is 0.571 bits per heavy atom. The number of carbonyl (C=O) groups excluding carboxylic acids is 2. The molecule has 0 amide bonds. The van der Waals surface area contributed by atoms with Crippen molar-refractivity contribution in [3.63, 3.8) is 0 Å². The highest BCUT2D eigenvalue weighted by atomic mass is 31.2. The summed E-state index contributed by atoms with van der Waals surface area (Å²) >= 11 is 0. The van der Waals surface area contributed by atoms with Crippen LogP contribution in [0.5, 0.6) is 0 Å². The van der Waals surface area contributed by atoms with Gasteiger partial charge in [0.15, 0.2) is 6.10 Å². The number of allylic oxidation sites excluding steroid dienone is 8. The third-order valence-electron chi connectivity index (χ3n) is 9.33. The van der Waals surface area contributed by atoms with Crippen LogP contribution < -0.4 is 4.89 Å². The number of likely N-dealkylation sites (N-methyl/N-ethyl adjacent to an activating group) is 1. The number of ether oxygens (including phenoxy) is 2. The van der Waals surface area contributed by atoms with Gasteiger partial charge in [0.2, 0.25) is 0 Å². The molecule has 0 rings (SSSR count). The highest BCUT2D eigenvalue weighted by Crippen LogP contribution is 2.38. The molecule has 0 aliphatic rings. The number of phosphoric ester groups is 1. The number of rotatable bonds is 40. The van der Waals surface area contributed by atoms with E-state index in [1.54, 1.807) is 0 Å². The predicted octanol–water partition coefficient (Wildman–Crippen LogP) is 12.1. The lowest BCUT2D eigenvalue weighted by molar-refractivity contribution is -0.870. The standard InChI is InChI=1S/C46H84NO8P/c1-6-8-10-12-14-16-18-20-22-23-25-26-28-30-32-34-36-38-45(48)52-42-44(43-54-56(50,51)53-41-40-47(3,4)5)55-46(49)39-37-35-33-31-29-27-24-21-19-17-15-13-11-9-7-2/h9,11,15,17,20-22,24,44H,6-8,10,12-14,16,18-19,23,25-43H2,1-5H3/b11-9-,17-15-,22-20-,24-21-. The number of esters is 2. The van der Waals surface area contributed by atoms with E-state index in [1.165, 1.54) is 64.2 Å². The van der Waals surface area contributed by atoms with Gasteiger partial charge in [0, 0.05) is 12.8 Å². The third kappa shape index (κ3) is 41.6. The highest BCUT2D eigenvalue weighted by molar-refractivity contribution is 7.45. The van der Waals surface area contributed by atoms with Crippen molar-refractivity contribution in [2.24, 2.45) is 0 Å². The average Bonchev–Trinajstić information content (AvgIpc) is 3.15. The summed E-state index contributed by atoms with van der Waals surface area (Å²) in [4.78, 5) is 37.5. The first-order chi connectivity index (χ1) is 27.0. The summed E-state index contributed by atoms with van der Waals surface area (Å²) in [7, 11) is 1.15. The normalized spacial score (nSPS) is 14.0. The zero-order valence-corrected chi connectivity index (χ0v) is 37.5. The summed E-state index contributed by atoms with van der Waals surface area (Å²) in [5.74, 6) is -0.860. The summed E-state index contributed by atoms with van der Waals surface area (Å²) in [6.07, 6.45) is 44.2. The van der Waals surface area contributed by atoms with E-state index < -0.39 is 32.5 Å². The fourth-order valence-corrected chi connectivity index (χ4v) is 6.57. The first-order valence-corrected chi connectivity index (χ1v) is 23.8.